The minimum Gasteiger partial charge on any atom is -0.300 e. The Kier molecular flexibility index (Phi) is 5.54. The quantitative estimate of drug-likeness (QED) is 0.585. The third kappa shape index (κ3) is 5.23. The molecule has 2 fully saturated rings. The largest absolute Gasteiger partial charge is 0.300 e. The van der Waals surface area contributed by atoms with Gasteiger partial charge in [0.05, 0.1) is 0 Å². The molecule has 0 heterocycles. The Balaban J connectivity index is 1.67. The second-order valence-corrected chi connectivity index (χ2v) is 6.20. The van der Waals surface area contributed by atoms with Gasteiger partial charge in [0.2, 0.25) is 0 Å². The molecule has 0 aromatic carbocycles. The third-order valence-corrected chi connectivity index (χ3v) is 4.63. The predicted octanol–water partition coefficient (Wildman–Crippen LogP) is 4.89. The lowest BCUT2D eigenvalue weighted by Crippen LogP contribution is -1.98. The molecule has 2 unspecified atom stereocenters. The number of hydrogen-bond donors (Lipinski definition) is 0. The van der Waals surface area contributed by atoms with Gasteiger partial charge in [-0.25, -0.2) is 0 Å². The molecule has 0 amide bonds. The summed E-state index contributed by atoms with van der Waals surface area (Å²) in [5.41, 5.74) is 0. The molecule has 0 aliphatic heterocycles. The minimum atomic E-state index is 0.525. The highest BCUT2D eigenvalue weighted by molar-refractivity contribution is 5.78. The van der Waals surface area contributed by atoms with E-state index in [9.17, 15) is 4.79 Å². The first-order valence-electron chi connectivity index (χ1n) is 7.88. The van der Waals surface area contributed by atoms with E-state index in [-0.39, 0.29) is 0 Å². The van der Waals surface area contributed by atoms with Crippen molar-refractivity contribution >= 4 is 5.78 Å². The number of hydrogen-bond acceptors (Lipinski definition) is 1. The number of ketones is 1. The van der Waals surface area contributed by atoms with Gasteiger partial charge in [0, 0.05) is 12.8 Å². The highest BCUT2D eigenvalue weighted by atomic mass is 16.1. The zero-order chi connectivity index (χ0) is 11.9. The van der Waals surface area contributed by atoms with Crippen molar-refractivity contribution in [1.82, 2.24) is 0 Å². The molecule has 2 aliphatic carbocycles. The van der Waals surface area contributed by atoms with E-state index in [1.807, 2.05) is 0 Å². The van der Waals surface area contributed by atoms with Crippen LogP contribution in [0, 0.1) is 11.8 Å². The van der Waals surface area contributed by atoms with E-state index < -0.39 is 0 Å². The number of Topliss-reactive ketones (excluding diaryl/α,β-unsaturated/α-hetero) is 1. The minimum absolute atomic E-state index is 0.525. The van der Waals surface area contributed by atoms with E-state index in [1.54, 1.807) is 0 Å². The Bertz CT molecular complexity index is 234. The zero-order valence-electron chi connectivity index (χ0n) is 11.3. The molecule has 0 radical (unpaired) electrons. The van der Waals surface area contributed by atoms with Crippen molar-refractivity contribution in [3.8, 4) is 0 Å². The van der Waals surface area contributed by atoms with Crippen LogP contribution in [0.3, 0.4) is 0 Å². The topological polar surface area (TPSA) is 17.1 Å². The van der Waals surface area contributed by atoms with Crippen LogP contribution in [0.1, 0.15) is 83.5 Å². The molecule has 98 valence electrons. The lowest BCUT2D eigenvalue weighted by Gasteiger charge is -2.01. The molecular formula is C16H28O. The SMILES string of the molecule is O=C1CCCCCCCCCC2CC2CCC1. The zero-order valence-corrected chi connectivity index (χ0v) is 11.3. The van der Waals surface area contributed by atoms with Gasteiger partial charge in [-0.1, -0.05) is 44.9 Å². The van der Waals surface area contributed by atoms with Gasteiger partial charge in [0.1, 0.15) is 5.78 Å². The van der Waals surface area contributed by atoms with E-state index in [2.05, 4.69) is 0 Å². The summed E-state index contributed by atoms with van der Waals surface area (Å²) in [5.74, 6) is 2.56. The Morgan fingerprint density at radius 3 is 1.94 bits per heavy atom. The Labute approximate surface area is 106 Å². The van der Waals surface area contributed by atoms with Gasteiger partial charge in [-0.2, -0.15) is 0 Å². The van der Waals surface area contributed by atoms with E-state index in [4.69, 9.17) is 0 Å². The average Bonchev–Trinajstić information content (AvgIpc) is 3.04. The summed E-state index contributed by atoms with van der Waals surface area (Å²) in [5, 5.41) is 0. The average molecular weight is 236 g/mol. The fourth-order valence-electron chi connectivity index (χ4n) is 3.32. The first-order chi connectivity index (χ1) is 8.36. The first kappa shape index (κ1) is 13.1. The van der Waals surface area contributed by atoms with Gasteiger partial charge >= 0.3 is 0 Å². The molecule has 0 N–H and O–H groups in total. The summed E-state index contributed by atoms with van der Waals surface area (Å²) in [7, 11) is 0. The van der Waals surface area contributed by atoms with Crippen LogP contribution in [0.4, 0.5) is 0 Å². The Morgan fingerprint density at radius 1 is 0.647 bits per heavy atom. The van der Waals surface area contributed by atoms with Crippen molar-refractivity contribution in [3.05, 3.63) is 0 Å². The van der Waals surface area contributed by atoms with Gasteiger partial charge in [-0.15, -0.1) is 0 Å². The van der Waals surface area contributed by atoms with Crippen LogP contribution in [0.5, 0.6) is 0 Å². The second kappa shape index (κ2) is 7.18. The lowest BCUT2D eigenvalue weighted by atomic mass is 10.0. The third-order valence-electron chi connectivity index (χ3n) is 4.63. The van der Waals surface area contributed by atoms with Gasteiger partial charge in [0.25, 0.3) is 0 Å². The number of carbonyl (C=O) groups excluding carboxylic acids is 1. The molecule has 0 bridgehead atoms. The fourth-order valence-corrected chi connectivity index (χ4v) is 3.32. The van der Waals surface area contributed by atoms with Crippen LogP contribution >= 0.6 is 0 Å². The molecule has 1 nitrogen and oxygen atoms in total. The molecule has 0 saturated heterocycles. The van der Waals surface area contributed by atoms with Crippen molar-refractivity contribution in [2.75, 3.05) is 0 Å². The van der Waals surface area contributed by atoms with E-state index >= 15 is 0 Å². The fraction of sp³-hybridized carbons (Fsp3) is 0.938. The Hall–Kier alpha value is -0.330. The Morgan fingerprint density at radius 2 is 1.18 bits per heavy atom. The summed E-state index contributed by atoms with van der Waals surface area (Å²) in [4.78, 5) is 11.6. The summed E-state index contributed by atoms with van der Waals surface area (Å²) < 4.78 is 0. The van der Waals surface area contributed by atoms with Crippen LogP contribution in [0.25, 0.3) is 0 Å². The van der Waals surface area contributed by atoms with Gasteiger partial charge in [-0.3, -0.25) is 4.79 Å². The van der Waals surface area contributed by atoms with Crippen molar-refractivity contribution in [3.63, 3.8) is 0 Å². The van der Waals surface area contributed by atoms with Crippen LogP contribution in [-0.2, 0) is 4.79 Å². The van der Waals surface area contributed by atoms with E-state index in [0.717, 1.165) is 31.1 Å². The molecule has 1 heteroatoms. The molecule has 0 aromatic rings. The van der Waals surface area contributed by atoms with Crippen LogP contribution in [-0.4, -0.2) is 5.78 Å². The van der Waals surface area contributed by atoms with Gasteiger partial charge in [-0.05, 0) is 37.5 Å². The van der Waals surface area contributed by atoms with Crippen molar-refractivity contribution < 1.29 is 4.79 Å². The lowest BCUT2D eigenvalue weighted by molar-refractivity contribution is -0.119. The smallest absolute Gasteiger partial charge is 0.132 e. The molecular weight excluding hydrogens is 208 g/mol. The molecule has 17 heavy (non-hydrogen) atoms. The molecule has 0 aromatic heterocycles. The molecule has 2 rings (SSSR count). The molecule has 2 saturated carbocycles. The molecule has 2 atom stereocenters. The van der Waals surface area contributed by atoms with E-state index in [0.29, 0.717) is 5.78 Å². The maximum Gasteiger partial charge on any atom is 0.132 e. The van der Waals surface area contributed by atoms with Crippen LogP contribution in [0.2, 0.25) is 0 Å². The predicted molar refractivity (Wildman–Crippen MR) is 72.0 cm³/mol. The van der Waals surface area contributed by atoms with Gasteiger partial charge < -0.3 is 0 Å². The normalized spacial score (nSPS) is 33.3. The number of carbonyl (C=O) groups is 1. The number of rotatable bonds is 0. The summed E-state index contributed by atoms with van der Waals surface area (Å²) >= 11 is 0. The molecule has 2 aliphatic rings. The van der Waals surface area contributed by atoms with Crippen molar-refractivity contribution in [1.29, 1.82) is 0 Å². The number of fused-ring (bicyclic) bond motifs is 1. The first-order valence-corrected chi connectivity index (χ1v) is 7.88. The van der Waals surface area contributed by atoms with Crippen molar-refractivity contribution in [2.24, 2.45) is 11.8 Å². The van der Waals surface area contributed by atoms with E-state index in [1.165, 1.54) is 64.2 Å². The summed E-state index contributed by atoms with van der Waals surface area (Å²) in [6.07, 6.45) is 16.6. The summed E-state index contributed by atoms with van der Waals surface area (Å²) in [6, 6.07) is 0. The summed E-state index contributed by atoms with van der Waals surface area (Å²) in [6.45, 7) is 0. The molecule has 0 spiro atoms. The van der Waals surface area contributed by atoms with Crippen molar-refractivity contribution in [2.45, 2.75) is 83.5 Å². The monoisotopic (exact) mass is 236 g/mol. The highest BCUT2D eigenvalue weighted by Crippen LogP contribution is 2.45. The maximum atomic E-state index is 11.6. The standard InChI is InChI=1S/C16H28O/c17-16-11-7-5-3-1-2-4-6-9-14-13-15(14)10-8-12-16/h14-15H,1-13H2. The second-order valence-electron chi connectivity index (χ2n) is 6.20. The highest BCUT2D eigenvalue weighted by Gasteiger charge is 2.35. The van der Waals surface area contributed by atoms with Gasteiger partial charge in [0.15, 0.2) is 0 Å². The van der Waals surface area contributed by atoms with Crippen LogP contribution < -0.4 is 0 Å². The van der Waals surface area contributed by atoms with Crippen LogP contribution in [0.15, 0.2) is 0 Å². The maximum absolute atomic E-state index is 11.6.